The van der Waals surface area contributed by atoms with E-state index in [4.69, 9.17) is 4.74 Å². The summed E-state index contributed by atoms with van der Waals surface area (Å²) in [4.78, 5) is 24.2. The SMILES string of the molecule is C[C@]12CCC(=O)C=C1[C@@H]1C[C@@H]1C1C2CC[C@@]2(C)C1[C@@H]1C[C@@H]1[C@@]21C=CC(=O)O1. The van der Waals surface area contributed by atoms with E-state index < -0.39 is 0 Å². The van der Waals surface area contributed by atoms with Gasteiger partial charge in [0.25, 0.3) is 0 Å². The Morgan fingerprint density at radius 3 is 2.70 bits per heavy atom. The molecule has 0 aromatic heterocycles. The fraction of sp³-hybridized carbons (Fsp3) is 0.750. The summed E-state index contributed by atoms with van der Waals surface area (Å²) < 4.78 is 6.10. The molecule has 3 heteroatoms. The summed E-state index contributed by atoms with van der Waals surface area (Å²) in [5.41, 5.74) is 1.55. The third-order valence-electron chi connectivity index (χ3n) is 10.5. The maximum Gasteiger partial charge on any atom is 0.331 e. The monoisotopic (exact) mass is 364 g/mol. The van der Waals surface area contributed by atoms with E-state index >= 15 is 0 Å². The van der Waals surface area contributed by atoms with Crippen molar-refractivity contribution in [3.63, 3.8) is 0 Å². The van der Waals surface area contributed by atoms with Gasteiger partial charge in [-0.15, -0.1) is 0 Å². The van der Waals surface area contributed by atoms with Crippen LogP contribution in [0.4, 0.5) is 0 Å². The lowest BCUT2D eigenvalue weighted by molar-refractivity contribution is -0.170. The van der Waals surface area contributed by atoms with Gasteiger partial charge in [-0.3, -0.25) is 4.79 Å². The molecule has 27 heavy (non-hydrogen) atoms. The number of hydrogen-bond acceptors (Lipinski definition) is 3. The van der Waals surface area contributed by atoms with E-state index in [1.165, 1.54) is 24.8 Å². The highest BCUT2D eigenvalue weighted by Gasteiger charge is 2.80. The largest absolute Gasteiger partial charge is 0.451 e. The van der Waals surface area contributed by atoms with Gasteiger partial charge in [0, 0.05) is 23.8 Å². The molecule has 142 valence electrons. The lowest BCUT2D eigenvalue weighted by Crippen LogP contribution is -2.57. The van der Waals surface area contributed by atoms with Crippen molar-refractivity contribution >= 4 is 11.8 Å². The molecule has 3 nitrogen and oxygen atoms in total. The van der Waals surface area contributed by atoms with Crippen LogP contribution in [0, 0.1) is 52.3 Å². The molecule has 6 aliphatic carbocycles. The first kappa shape index (κ1) is 15.5. The summed E-state index contributed by atoms with van der Waals surface area (Å²) in [6.45, 7) is 4.92. The molecule has 0 saturated heterocycles. The standard InChI is InChI=1S/C24H28O3/c1-22-6-3-12(25)9-17(22)13-10-14(13)20-16(22)4-7-23(2)21(20)15-11-18(15)24(23)8-5-19(26)27-24/h5,8-9,13-16,18,20-21H,3-4,6-7,10-11H2,1-2H3/t13-,14+,15-,16?,18+,20?,21?,22-,23+,24+/m1/s1. The first-order valence-electron chi connectivity index (χ1n) is 11.1. The van der Waals surface area contributed by atoms with Crippen molar-refractivity contribution in [1.29, 1.82) is 0 Å². The van der Waals surface area contributed by atoms with Crippen molar-refractivity contribution in [2.75, 3.05) is 0 Å². The van der Waals surface area contributed by atoms with E-state index in [0.29, 0.717) is 23.5 Å². The van der Waals surface area contributed by atoms with Gasteiger partial charge in [-0.05, 0) is 85.2 Å². The molecule has 3 unspecified atom stereocenters. The molecule has 0 radical (unpaired) electrons. The van der Waals surface area contributed by atoms with Crippen molar-refractivity contribution in [1.82, 2.24) is 0 Å². The lowest BCUT2D eigenvalue weighted by atomic mass is 9.45. The Morgan fingerprint density at radius 1 is 1.07 bits per heavy atom. The Bertz CT molecular complexity index is 869. The topological polar surface area (TPSA) is 43.4 Å². The second kappa shape index (κ2) is 4.28. The summed E-state index contributed by atoms with van der Waals surface area (Å²) in [5, 5.41) is 0. The Labute approximate surface area is 160 Å². The minimum atomic E-state index is -0.311. The fourth-order valence-electron chi connectivity index (χ4n) is 9.34. The predicted molar refractivity (Wildman–Crippen MR) is 99.4 cm³/mol. The normalized spacial score (nSPS) is 61.4. The van der Waals surface area contributed by atoms with E-state index in [1.807, 2.05) is 0 Å². The van der Waals surface area contributed by atoms with E-state index in [0.717, 1.165) is 42.9 Å². The summed E-state index contributed by atoms with van der Waals surface area (Å²) >= 11 is 0. The molecule has 0 bridgehead atoms. The average Bonchev–Trinajstić information content (AvgIpc) is 3.53. The Morgan fingerprint density at radius 2 is 1.93 bits per heavy atom. The molecule has 10 atom stereocenters. The van der Waals surface area contributed by atoms with Crippen LogP contribution < -0.4 is 0 Å². The summed E-state index contributed by atoms with van der Waals surface area (Å²) in [7, 11) is 0. The van der Waals surface area contributed by atoms with E-state index in [1.54, 1.807) is 6.08 Å². The molecule has 1 spiro atoms. The van der Waals surface area contributed by atoms with Crippen molar-refractivity contribution in [3.05, 3.63) is 23.8 Å². The van der Waals surface area contributed by atoms with E-state index in [9.17, 15) is 9.59 Å². The van der Waals surface area contributed by atoms with Crippen LogP contribution >= 0.6 is 0 Å². The Balaban J connectivity index is 1.34. The number of carbonyl (C=O) groups excluding carboxylic acids is 2. The van der Waals surface area contributed by atoms with Gasteiger partial charge < -0.3 is 4.74 Å². The first-order chi connectivity index (χ1) is 12.9. The molecule has 0 amide bonds. The summed E-state index contributed by atoms with van der Waals surface area (Å²) in [6, 6.07) is 0. The zero-order chi connectivity index (χ0) is 18.3. The smallest absolute Gasteiger partial charge is 0.331 e. The molecule has 5 saturated carbocycles. The van der Waals surface area contributed by atoms with Gasteiger partial charge in [0.2, 0.25) is 0 Å². The van der Waals surface area contributed by atoms with Gasteiger partial charge in [0.1, 0.15) is 5.60 Å². The molecule has 1 aliphatic heterocycles. The van der Waals surface area contributed by atoms with Crippen LogP contribution in [0.15, 0.2) is 23.8 Å². The highest BCUT2D eigenvalue weighted by molar-refractivity contribution is 5.92. The molecule has 7 rings (SSSR count). The highest BCUT2D eigenvalue weighted by Crippen LogP contribution is 2.81. The van der Waals surface area contributed by atoms with Crippen molar-refractivity contribution in [2.24, 2.45) is 52.3 Å². The van der Waals surface area contributed by atoms with Crippen LogP contribution in [-0.2, 0) is 14.3 Å². The van der Waals surface area contributed by atoms with Crippen LogP contribution in [0.2, 0.25) is 0 Å². The van der Waals surface area contributed by atoms with Crippen LogP contribution in [0.1, 0.15) is 52.4 Å². The molecule has 5 fully saturated rings. The molecule has 0 aromatic rings. The van der Waals surface area contributed by atoms with Crippen molar-refractivity contribution in [2.45, 2.75) is 58.0 Å². The van der Waals surface area contributed by atoms with Crippen LogP contribution in [-0.4, -0.2) is 17.4 Å². The second-order valence-electron chi connectivity index (χ2n) is 11.2. The third-order valence-corrected chi connectivity index (χ3v) is 10.5. The summed E-state index contributed by atoms with van der Waals surface area (Å²) in [5.74, 6) is 5.17. The number of esters is 1. The first-order valence-corrected chi connectivity index (χ1v) is 11.1. The number of ketones is 1. The van der Waals surface area contributed by atoms with E-state index in [-0.39, 0.29) is 22.4 Å². The molecule has 1 heterocycles. The van der Waals surface area contributed by atoms with Gasteiger partial charge in [-0.25, -0.2) is 4.79 Å². The fourth-order valence-corrected chi connectivity index (χ4v) is 9.34. The van der Waals surface area contributed by atoms with Crippen LogP contribution in [0.5, 0.6) is 0 Å². The molecular formula is C24H28O3. The molecular weight excluding hydrogens is 336 g/mol. The second-order valence-corrected chi connectivity index (χ2v) is 11.2. The average molecular weight is 364 g/mol. The quantitative estimate of drug-likeness (QED) is 0.608. The summed E-state index contributed by atoms with van der Waals surface area (Å²) in [6.07, 6.45) is 12.6. The number of ether oxygens (including phenoxy) is 1. The van der Waals surface area contributed by atoms with E-state index in [2.05, 4.69) is 26.0 Å². The van der Waals surface area contributed by atoms with Gasteiger partial charge in [-0.2, -0.15) is 0 Å². The maximum atomic E-state index is 12.1. The molecule has 0 N–H and O–H groups in total. The third kappa shape index (κ3) is 1.53. The number of carbonyl (C=O) groups is 2. The lowest BCUT2D eigenvalue weighted by Gasteiger charge is -2.59. The van der Waals surface area contributed by atoms with Gasteiger partial charge >= 0.3 is 5.97 Å². The Hall–Kier alpha value is -1.38. The molecule has 0 aromatic carbocycles. The minimum Gasteiger partial charge on any atom is -0.451 e. The predicted octanol–water partition coefficient (Wildman–Crippen LogP) is 4.08. The number of hydrogen-bond donors (Lipinski definition) is 0. The van der Waals surface area contributed by atoms with Crippen LogP contribution in [0.25, 0.3) is 0 Å². The molecule has 7 aliphatic rings. The minimum absolute atomic E-state index is 0.111. The number of allylic oxidation sites excluding steroid dienone is 1. The van der Waals surface area contributed by atoms with Gasteiger partial charge in [0.05, 0.1) is 0 Å². The zero-order valence-electron chi connectivity index (χ0n) is 16.2. The van der Waals surface area contributed by atoms with Gasteiger partial charge in [0.15, 0.2) is 5.78 Å². The van der Waals surface area contributed by atoms with Crippen molar-refractivity contribution in [3.8, 4) is 0 Å². The number of fused-ring (bicyclic) bond motifs is 12. The van der Waals surface area contributed by atoms with Crippen LogP contribution in [0.3, 0.4) is 0 Å². The van der Waals surface area contributed by atoms with Crippen molar-refractivity contribution < 1.29 is 14.3 Å². The van der Waals surface area contributed by atoms with Gasteiger partial charge in [-0.1, -0.05) is 19.4 Å². The Kier molecular flexibility index (Phi) is 2.46. The number of rotatable bonds is 0. The highest BCUT2D eigenvalue weighted by atomic mass is 16.6. The maximum absolute atomic E-state index is 12.1. The zero-order valence-corrected chi connectivity index (χ0v) is 16.2.